The molecule has 3 aliphatic rings. The van der Waals surface area contributed by atoms with Gasteiger partial charge in [0.1, 0.15) is 0 Å². The van der Waals surface area contributed by atoms with Gasteiger partial charge in [0.15, 0.2) is 11.5 Å². The number of carbonyl (C=O) groups excluding carboxylic acids is 1. The number of hydrogen-bond acceptors (Lipinski definition) is 5. The SMILES string of the molecule is CC(C)NC(=O)C[C@@H]1C[C@@H]2CN(Cc3ccc4c(c3)OCO4)C[C@@H]2O1. The summed E-state index contributed by atoms with van der Waals surface area (Å²) in [7, 11) is 0. The van der Waals surface area contributed by atoms with E-state index in [9.17, 15) is 4.79 Å². The van der Waals surface area contributed by atoms with Gasteiger partial charge in [-0.2, -0.15) is 0 Å². The third kappa shape index (κ3) is 3.75. The second-order valence-corrected chi connectivity index (χ2v) is 7.60. The number of benzene rings is 1. The number of amides is 1. The highest BCUT2D eigenvalue weighted by Crippen LogP contribution is 2.36. The molecule has 0 bridgehead atoms. The van der Waals surface area contributed by atoms with Gasteiger partial charge < -0.3 is 19.5 Å². The molecule has 25 heavy (non-hydrogen) atoms. The van der Waals surface area contributed by atoms with E-state index in [4.69, 9.17) is 14.2 Å². The molecule has 0 saturated carbocycles. The summed E-state index contributed by atoms with van der Waals surface area (Å²) in [6.45, 7) is 7.13. The number of carbonyl (C=O) groups is 1. The zero-order valence-corrected chi connectivity index (χ0v) is 14.9. The first-order valence-corrected chi connectivity index (χ1v) is 9.12. The van der Waals surface area contributed by atoms with Crippen molar-refractivity contribution in [3.63, 3.8) is 0 Å². The topological polar surface area (TPSA) is 60.0 Å². The minimum absolute atomic E-state index is 0.0708. The van der Waals surface area contributed by atoms with Gasteiger partial charge in [0.2, 0.25) is 12.7 Å². The number of nitrogens with one attached hydrogen (secondary N) is 1. The van der Waals surface area contributed by atoms with Gasteiger partial charge in [-0.25, -0.2) is 0 Å². The van der Waals surface area contributed by atoms with Crippen molar-refractivity contribution in [2.24, 2.45) is 5.92 Å². The largest absolute Gasteiger partial charge is 0.454 e. The molecule has 136 valence electrons. The average molecular weight is 346 g/mol. The smallest absolute Gasteiger partial charge is 0.231 e. The molecule has 3 heterocycles. The zero-order valence-electron chi connectivity index (χ0n) is 14.9. The van der Waals surface area contributed by atoms with Crippen molar-refractivity contribution in [3.8, 4) is 11.5 Å². The molecule has 0 radical (unpaired) electrons. The molecule has 0 spiro atoms. The van der Waals surface area contributed by atoms with Crippen LogP contribution in [-0.2, 0) is 16.1 Å². The first-order chi connectivity index (χ1) is 12.1. The molecular formula is C19H26N2O4. The number of fused-ring (bicyclic) bond motifs is 2. The van der Waals surface area contributed by atoms with Crippen molar-refractivity contribution >= 4 is 5.91 Å². The monoisotopic (exact) mass is 346 g/mol. The molecule has 3 atom stereocenters. The van der Waals surface area contributed by atoms with E-state index >= 15 is 0 Å². The molecule has 0 aromatic heterocycles. The quantitative estimate of drug-likeness (QED) is 0.883. The lowest BCUT2D eigenvalue weighted by molar-refractivity contribution is -0.124. The maximum absolute atomic E-state index is 11.9. The molecule has 6 nitrogen and oxygen atoms in total. The Morgan fingerprint density at radius 3 is 2.92 bits per heavy atom. The summed E-state index contributed by atoms with van der Waals surface area (Å²) in [6.07, 6.45) is 1.79. The van der Waals surface area contributed by atoms with Gasteiger partial charge >= 0.3 is 0 Å². The van der Waals surface area contributed by atoms with Crippen molar-refractivity contribution < 1.29 is 19.0 Å². The Balaban J connectivity index is 1.27. The van der Waals surface area contributed by atoms with E-state index < -0.39 is 0 Å². The van der Waals surface area contributed by atoms with Gasteiger partial charge in [-0.15, -0.1) is 0 Å². The van der Waals surface area contributed by atoms with Crippen LogP contribution in [0.4, 0.5) is 0 Å². The highest BCUT2D eigenvalue weighted by Gasteiger charge is 2.42. The van der Waals surface area contributed by atoms with Crippen LogP contribution in [0.15, 0.2) is 18.2 Å². The number of ether oxygens (including phenoxy) is 3. The average Bonchev–Trinajstić information content (AvgIpc) is 3.20. The van der Waals surface area contributed by atoms with Gasteiger partial charge in [-0.1, -0.05) is 6.07 Å². The lowest BCUT2D eigenvalue weighted by atomic mass is 10.0. The second-order valence-electron chi connectivity index (χ2n) is 7.60. The number of hydrogen-bond donors (Lipinski definition) is 1. The molecular weight excluding hydrogens is 320 g/mol. The maximum Gasteiger partial charge on any atom is 0.231 e. The number of nitrogens with zero attached hydrogens (tertiary/aromatic N) is 1. The summed E-state index contributed by atoms with van der Waals surface area (Å²) < 4.78 is 16.9. The van der Waals surface area contributed by atoms with Gasteiger partial charge in [0.25, 0.3) is 0 Å². The fraction of sp³-hybridized carbons (Fsp3) is 0.632. The van der Waals surface area contributed by atoms with Crippen LogP contribution in [-0.4, -0.2) is 48.9 Å². The lowest BCUT2D eigenvalue weighted by Crippen LogP contribution is -2.33. The minimum atomic E-state index is 0.0708. The van der Waals surface area contributed by atoms with Crippen LogP contribution < -0.4 is 14.8 Å². The van der Waals surface area contributed by atoms with E-state index in [1.807, 2.05) is 19.9 Å². The van der Waals surface area contributed by atoms with Crippen molar-refractivity contribution in [2.45, 2.75) is 51.5 Å². The second kappa shape index (κ2) is 6.84. The van der Waals surface area contributed by atoms with E-state index in [1.165, 1.54) is 5.56 Å². The van der Waals surface area contributed by atoms with Crippen LogP contribution in [0.3, 0.4) is 0 Å². The van der Waals surface area contributed by atoms with Gasteiger partial charge in [-0.3, -0.25) is 9.69 Å². The summed E-state index contributed by atoms with van der Waals surface area (Å²) in [4.78, 5) is 14.3. The summed E-state index contributed by atoms with van der Waals surface area (Å²) in [5.74, 6) is 2.29. The predicted octanol–water partition coefficient (Wildman–Crippen LogP) is 1.92. The minimum Gasteiger partial charge on any atom is -0.454 e. The molecule has 0 unspecified atom stereocenters. The molecule has 2 fully saturated rings. The van der Waals surface area contributed by atoms with Gasteiger partial charge in [0.05, 0.1) is 18.6 Å². The summed E-state index contributed by atoms with van der Waals surface area (Å²) in [6, 6.07) is 6.33. The van der Waals surface area contributed by atoms with E-state index in [2.05, 4.69) is 22.3 Å². The number of likely N-dealkylation sites (tertiary alicyclic amines) is 1. The molecule has 1 aromatic carbocycles. The maximum atomic E-state index is 11.9. The third-order valence-corrected chi connectivity index (χ3v) is 5.10. The lowest BCUT2D eigenvalue weighted by Gasteiger charge is -2.19. The Kier molecular flexibility index (Phi) is 4.56. The summed E-state index contributed by atoms with van der Waals surface area (Å²) in [5.41, 5.74) is 1.23. The predicted molar refractivity (Wildman–Crippen MR) is 92.5 cm³/mol. The van der Waals surface area contributed by atoms with E-state index in [0.717, 1.165) is 37.6 Å². The standard InChI is InChI=1S/C19H26N2O4/c1-12(2)20-19(22)7-15-6-14-9-21(10-18(14)25-15)8-13-3-4-16-17(5-13)24-11-23-16/h3-5,12,14-15,18H,6-11H2,1-2H3,(H,20,22)/t14-,15+,18+/m1/s1. The van der Waals surface area contributed by atoms with E-state index in [-0.39, 0.29) is 24.2 Å². The van der Waals surface area contributed by atoms with Crippen molar-refractivity contribution in [1.29, 1.82) is 0 Å². The van der Waals surface area contributed by atoms with Crippen LogP contribution >= 0.6 is 0 Å². The van der Waals surface area contributed by atoms with Crippen molar-refractivity contribution in [2.75, 3.05) is 19.9 Å². The van der Waals surface area contributed by atoms with Crippen LogP contribution in [0, 0.1) is 5.92 Å². The Labute approximate surface area is 148 Å². The molecule has 1 aromatic rings. The van der Waals surface area contributed by atoms with Crippen LogP contribution in [0.2, 0.25) is 0 Å². The molecule has 6 heteroatoms. The van der Waals surface area contributed by atoms with E-state index in [1.54, 1.807) is 0 Å². The first kappa shape index (κ1) is 16.7. The fourth-order valence-corrected chi connectivity index (χ4v) is 4.09. The zero-order chi connectivity index (χ0) is 17.4. The molecule has 1 N–H and O–H groups in total. The molecule has 4 rings (SSSR count). The highest BCUT2D eigenvalue weighted by molar-refractivity contribution is 5.76. The van der Waals surface area contributed by atoms with Gasteiger partial charge in [0, 0.05) is 31.6 Å². The van der Waals surface area contributed by atoms with Crippen molar-refractivity contribution in [1.82, 2.24) is 10.2 Å². The van der Waals surface area contributed by atoms with E-state index in [0.29, 0.717) is 19.1 Å². The van der Waals surface area contributed by atoms with Crippen LogP contribution in [0.5, 0.6) is 11.5 Å². The molecule has 0 aliphatic carbocycles. The highest BCUT2D eigenvalue weighted by atomic mass is 16.7. The summed E-state index contributed by atoms with van der Waals surface area (Å²) in [5, 5.41) is 2.95. The molecule has 3 aliphatic heterocycles. The first-order valence-electron chi connectivity index (χ1n) is 9.12. The Morgan fingerprint density at radius 1 is 1.28 bits per heavy atom. The van der Waals surface area contributed by atoms with Crippen LogP contribution in [0.1, 0.15) is 32.3 Å². The number of rotatable bonds is 5. The van der Waals surface area contributed by atoms with Crippen LogP contribution in [0.25, 0.3) is 0 Å². The Morgan fingerprint density at radius 2 is 2.12 bits per heavy atom. The fourth-order valence-electron chi connectivity index (χ4n) is 4.09. The third-order valence-electron chi connectivity index (χ3n) is 5.10. The molecule has 1 amide bonds. The Hall–Kier alpha value is -1.79. The van der Waals surface area contributed by atoms with Crippen molar-refractivity contribution in [3.05, 3.63) is 23.8 Å². The van der Waals surface area contributed by atoms with Gasteiger partial charge in [-0.05, 0) is 38.0 Å². The summed E-state index contributed by atoms with van der Waals surface area (Å²) >= 11 is 0. The Bertz CT molecular complexity index is 634. The molecule has 2 saturated heterocycles. The normalized spacial score (nSPS) is 27.7.